The van der Waals surface area contributed by atoms with Crippen molar-refractivity contribution < 1.29 is 14.7 Å². The third-order valence-corrected chi connectivity index (χ3v) is 3.93. The lowest BCUT2D eigenvalue weighted by Gasteiger charge is -2.31. The number of rotatable bonds is 7. The average molecular weight is 276 g/mol. The van der Waals surface area contributed by atoms with Crippen molar-refractivity contribution in [1.82, 2.24) is 10.2 Å². The number of aliphatic carboxylic acids is 1. The van der Waals surface area contributed by atoms with E-state index in [0.717, 1.165) is 12.2 Å². The van der Waals surface area contributed by atoms with E-state index in [1.807, 2.05) is 13.2 Å². The first-order valence-electron chi connectivity index (χ1n) is 6.05. The molecule has 0 saturated carbocycles. The Morgan fingerprint density at radius 2 is 2.06 bits per heavy atom. The zero-order valence-electron chi connectivity index (χ0n) is 11.8. The lowest BCUT2D eigenvalue weighted by atomic mass is 9.99. The summed E-state index contributed by atoms with van der Waals surface area (Å²) in [5, 5.41) is 11.7. The molecule has 0 rings (SSSR count). The number of carbonyl (C=O) groups is 2. The number of carboxylic acid groups (broad SMARTS) is 1. The molecule has 0 saturated heterocycles. The van der Waals surface area contributed by atoms with Crippen LogP contribution < -0.4 is 5.32 Å². The molecule has 0 aromatic carbocycles. The molecule has 0 aromatic rings. The van der Waals surface area contributed by atoms with Crippen molar-refractivity contribution in [2.75, 3.05) is 19.1 Å². The summed E-state index contributed by atoms with van der Waals surface area (Å²) in [5.41, 5.74) is -1.20. The van der Waals surface area contributed by atoms with Gasteiger partial charge in [-0.3, -0.25) is 0 Å². The highest BCUT2D eigenvalue weighted by atomic mass is 32.2. The molecule has 0 radical (unpaired) electrons. The molecule has 106 valence electrons. The zero-order chi connectivity index (χ0) is 14.3. The molecule has 5 nitrogen and oxygen atoms in total. The maximum atomic E-state index is 12.0. The summed E-state index contributed by atoms with van der Waals surface area (Å²) in [7, 11) is 1.69. The first-order chi connectivity index (χ1) is 8.28. The van der Waals surface area contributed by atoms with Crippen LogP contribution in [0.4, 0.5) is 4.79 Å². The van der Waals surface area contributed by atoms with Crippen LogP contribution in [0, 0.1) is 0 Å². The second-order valence-electron chi connectivity index (χ2n) is 4.66. The van der Waals surface area contributed by atoms with Crippen molar-refractivity contribution in [1.29, 1.82) is 0 Å². The van der Waals surface area contributed by atoms with Crippen LogP contribution in [0.3, 0.4) is 0 Å². The second-order valence-corrected chi connectivity index (χ2v) is 5.65. The number of urea groups is 1. The minimum atomic E-state index is -1.20. The summed E-state index contributed by atoms with van der Waals surface area (Å²) in [5.74, 6) is -0.0357. The van der Waals surface area contributed by atoms with E-state index in [2.05, 4.69) is 5.32 Å². The van der Waals surface area contributed by atoms with E-state index in [-0.39, 0.29) is 12.1 Å². The first kappa shape index (κ1) is 17.1. The van der Waals surface area contributed by atoms with Gasteiger partial charge in [0, 0.05) is 13.1 Å². The van der Waals surface area contributed by atoms with Gasteiger partial charge in [0.1, 0.15) is 5.54 Å². The molecule has 0 fully saturated rings. The van der Waals surface area contributed by atoms with E-state index in [0.29, 0.717) is 6.42 Å². The quantitative estimate of drug-likeness (QED) is 0.746. The molecule has 2 amide bonds. The lowest BCUT2D eigenvalue weighted by molar-refractivity contribution is -0.143. The van der Waals surface area contributed by atoms with Crippen molar-refractivity contribution in [3.8, 4) is 0 Å². The highest BCUT2D eigenvalue weighted by Crippen LogP contribution is 2.12. The minimum Gasteiger partial charge on any atom is -0.480 e. The van der Waals surface area contributed by atoms with Crippen molar-refractivity contribution in [3.63, 3.8) is 0 Å². The number of carbonyl (C=O) groups excluding carboxylic acids is 1. The summed E-state index contributed by atoms with van der Waals surface area (Å²) in [6.45, 7) is 5.22. The predicted octanol–water partition coefficient (Wildman–Crippen LogP) is 2.02. The molecule has 0 spiro atoms. The van der Waals surface area contributed by atoms with Crippen LogP contribution in [0.15, 0.2) is 0 Å². The molecule has 0 aliphatic carbocycles. The first-order valence-corrected chi connectivity index (χ1v) is 7.45. The number of hydrogen-bond donors (Lipinski definition) is 2. The van der Waals surface area contributed by atoms with Gasteiger partial charge in [0.05, 0.1) is 0 Å². The normalized spacial score (nSPS) is 15.6. The molecular formula is C12H24N2O3S. The van der Waals surface area contributed by atoms with Crippen LogP contribution >= 0.6 is 11.8 Å². The average Bonchev–Trinajstić information content (AvgIpc) is 2.34. The smallest absolute Gasteiger partial charge is 0.329 e. The fraction of sp³-hybridized carbons (Fsp3) is 0.833. The maximum absolute atomic E-state index is 12.0. The third kappa shape index (κ3) is 4.76. The molecule has 0 bridgehead atoms. The summed E-state index contributed by atoms with van der Waals surface area (Å²) in [4.78, 5) is 24.6. The van der Waals surface area contributed by atoms with Gasteiger partial charge in [0.15, 0.2) is 0 Å². The monoisotopic (exact) mass is 276 g/mol. The van der Waals surface area contributed by atoms with Gasteiger partial charge in [-0.25, -0.2) is 9.59 Å². The van der Waals surface area contributed by atoms with Gasteiger partial charge in [-0.05, 0) is 38.7 Å². The Kier molecular flexibility index (Phi) is 7.13. The number of hydrogen-bond acceptors (Lipinski definition) is 3. The van der Waals surface area contributed by atoms with E-state index < -0.39 is 11.5 Å². The van der Waals surface area contributed by atoms with Crippen LogP contribution in [0.5, 0.6) is 0 Å². The van der Waals surface area contributed by atoms with Crippen LogP contribution in [0.2, 0.25) is 0 Å². The van der Waals surface area contributed by atoms with E-state index >= 15 is 0 Å². The lowest BCUT2D eigenvalue weighted by Crippen LogP contribution is -2.56. The van der Waals surface area contributed by atoms with Crippen LogP contribution in [-0.2, 0) is 4.79 Å². The van der Waals surface area contributed by atoms with Gasteiger partial charge >= 0.3 is 12.0 Å². The van der Waals surface area contributed by atoms with E-state index in [1.165, 1.54) is 6.92 Å². The molecule has 2 unspecified atom stereocenters. The van der Waals surface area contributed by atoms with E-state index in [4.69, 9.17) is 5.11 Å². The molecule has 2 N–H and O–H groups in total. The van der Waals surface area contributed by atoms with E-state index in [9.17, 15) is 9.59 Å². The molecule has 0 aromatic heterocycles. The number of nitrogens with zero attached hydrogens (tertiary/aromatic N) is 1. The number of nitrogens with one attached hydrogen (secondary N) is 1. The van der Waals surface area contributed by atoms with Gasteiger partial charge in [-0.15, -0.1) is 0 Å². The van der Waals surface area contributed by atoms with Crippen LogP contribution in [0.1, 0.15) is 33.6 Å². The Morgan fingerprint density at radius 3 is 2.44 bits per heavy atom. The second kappa shape index (κ2) is 7.51. The number of amides is 2. The number of thioether (sulfide) groups is 1. The molecule has 0 heterocycles. The Bertz CT molecular complexity index is 299. The van der Waals surface area contributed by atoms with E-state index in [1.54, 1.807) is 30.6 Å². The Morgan fingerprint density at radius 1 is 1.50 bits per heavy atom. The Hall–Kier alpha value is -0.910. The minimum absolute atomic E-state index is 0.0901. The number of carboxylic acids is 1. The fourth-order valence-electron chi connectivity index (χ4n) is 1.30. The van der Waals surface area contributed by atoms with Crippen molar-refractivity contribution in [2.45, 2.75) is 45.2 Å². The topological polar surface area (TPSA) is 69.6 Å². The van der Waals surface area contributed by atoms with Gasteiger partial charge in [-0.1, -0.05) is 6.92 Å². The Balaban J connectivity index is 4.51. The summed E-state index contributed by atoms with van der Waals surface area (Å²) >= 11 is 1.73. The zero-order valence-corrected chi connectivity index (χ0v) is 12.6. The molecule has 0 aliphatic heterocycles. The highest BCUT2D eigenvalue weighted by molar-refractivity contribution is 7.98. The third-order valence-electron chi connectivity index (χ3n) is 3.28. The highest BCUT2D eigenvalue weighted by Gasteiger charge is 2.34. The molecule has 2 atom stereocenters. The van der Waals surface area contributed by atoms with Crippen molar-refractivity contribution in [3.05, 3.63) is 0 Å². The van der Waals surface area contributed by atoms with Crippen molar-refractivity contribution in [2.24, 2.45) is 0 Å². The standard InChI is InChI=1S/C12H24N2O3S/c1-6-12(3,10(15)16)13-11(17)14(4)9(2)7-8-18-5/h9H,6-8H2,1-5H3,(H,13,17)(H,15,16). The van der Waals surface area contributed by atoms with Crippen LogP contribution in [-0.4, -0.2) is 52.6 Å². The van der Waals surface area contributed by atoms with Gasteiger partial charge < -0.3 is 15.3 Å². The SMILES string of the molecule is CCC(C)(NC(=O)N(C)C(C)CCSC)C(=O)O. The molecule has 0 aliphatic rings. The summed E-state index contributed by atoms with van der Waals surface area (Å²) in [6.07, 6.45) is 3.26. The van der Waals surface area contributed by atoms with Gasteiger partial charge in [0.25, 0.3) is 0 Å². The van der Waals surface area contributed by atoms with Crippen molar-refractivity contribution >= 4 is 23.8 Å². The Labute approximate surface area is 113 Å². The molecular weight excluding hydrogens is 252 g/mol. The van der Waals surface area contributed by atoms with Gasteiger partial charge in [0.2, 0.25) is 0 Å². The maximum Gasteiger partial charge on any atom is 0.329 e. The van der Waals surface area contributed by atoms with Crippen LogP contribution in [0.25, 0.3) is 0 Å². The van der Waals surface area contributed by atoms with Gasteiger partial charge in [-0.2, -0.15) is 11.8 Å². The molecule has 18 heavy (non-hydrogen) atoms. The predicted molar refractivity (Wildman–Crippen MR) is 75.1 cm³/mol. The largest absolute Gasteiger partial charge is 0.480 e. The summed E-state index contributed by atoms with van der Waals surface area (Å²) in [6, 6.07) is -0.247. The summed E-state index contributed by atoms with van der Waals surface area (Å²) < 4.78 is 0. The molecule has 6 heteroatoms. The fourth-order valence-corrected chi connectivity index (χ4v) is 1.88.